The summed E-state index contributed by atoms with van der Waals surface area (Å²) in [4.78, 5) is 25.9. The normalized spacial score (nSPS) is 10.6. The summed E-state index contributed by atoms with van der Waals surface area (Å²) in [5.41, 5.74) is 0.324. The van der Waals surface area contributed by atoms with Crippen LogP contribution in [0, 0.1) is 0 Å². The molecule has 0 spiro atoms. The van der Waals surface area contributed by atoms with E-state index in [9.17, 15) is 14.7 Å². The van der Waals surface area contributed by atoms with Gasteiger partial charge in [0.15, 0.2) is 16.9 Å². The van der Waals surface area contributed by atoms with E-state index in [2.05, 4.69) is 0 Å². The number of carbonyl (C=O) groups is 1. The van der Waals surface area contributed by atoms with E-state index in [0.717, 1.165) is 0 Å². The van der Waals surface area contributed by atoms with Gasteiger partial charge in [0, 0.05) is 31.3 Å². The largest absolute Gasteiger partial charge is 0.504 e. The number of phenolic OH excluding ortho intramolecular Hbond substituents is 1. The van der Waals surface area contributed by atoms with Crippen LogP contribution in [-0.4, -0.2) is 43.9 Å². The summed E-state index contributed by atoms with van der Waals surface area (Å²) in [7, 11) is 4.42. The minimum atomic E-state index is -0.464. The minimum Gasteiger partial charge on any atom is -0.504 e. The molecule has 0 bridgehead atoms. The Morgan fingerprint density at radius 1 is 1.14 bits per heavy atom. The van der Waals surface area contributed by atoms with E-state index in [0.29, 0.717) is 17.9 Å². The molecule has 1 aromatic heterocycles. The summed E-state index contributed by atoms with van der Waals surface area (Å²) in [6, 6.07) is 9.30. The van der Waals surface area contributed by atoms with E-state index in [1.54, 1.807) is 31.3 Å². The number of ether oxygens (including phenoxy) is 3. The summed E-state index contributed by atoms with van der Waals surface area (Å²) in [6.45, 7) is 2.37. The molecule has 3 aromatic rings. The molecule has 0 fully saturated rings. The van der Waals surface area contributed by atoms with Crippen molar-refractivity contribution in [3.63, 3.8) is 0 Å². The van der Waals surface area contributed by atoms with Crippen LogP contribution in [0.15, 0.2) is 45.6 Å². The molecule has 1 N–H and O–H groups in total. The quantitative estimate of drug-likeness (QED) is 0.699. The Balaban J connectivity index is 2.00. The first kappa shape index (κ1) is 20.1. The van der Waals surface area contributed by atoms with Crippen molar-refractivity contribution in [3.05, 3.63) is 46.6 Å². The highest BCUT2D eigenvalue weighted by molar-refractivity contribution is 5.89. The Kier molecular flexibility index (Phi) is 5.63. The van der Waals surface area contributed by atoms with Crippen LogP contribution in [0.5, 0.6) is 23.0 Å². The maximum Gasteiger partial charge on any atom is 0.414 e. The number of aromatic hydroxyl groups is 1. The molecule has 0 unspecified atom stereocenters. The van der Waals surface area contributed by atoms with Crippen LogP contribution in [0.3, 0.4) is 0 Å². The van der Waals surface area contributed by atoms with E-state index in [-0.39, 0.29) is 34.0 Å². The highest BCUT2D eigenvalue weighted by Gasteiger charge is 2.19. The Morgan fingerprint density at radius 3 is 2.41 bits per heavy atom. The van der Waals surface area contributed by atoms with Crippen LogP contribution in [0.2, 0.25) is 0 Å². The zero-order valence-corrected chi connectivity index (χ0v) is 16.5. The predicted molar refractivity (Wildman–Crippen MR) is 107 cm³/mol. The summed E-state index contributed by atoms with van der Waals surface area (Å²) >= 11 is 0. The lowest BCUT2D eigenvalue weighted by atomic mass is 10.1. The van der Waals surface area contributed by atoms with Crippen molar-refractivity contribution < 1.29 is 28.5 Å². The second kappa shape index (κ2) is 8.14. The van der Waals surface area contributed by atoms with Crippen LogP contribution in [0.1, 0.15) is 6.92 Å². The van der Waals surface area contributed by atoms with E-state index < -0.39 is 11.5 Å². The van der Waals surface area contributed by atoms with Gasteiger partial charge in [0.1, 0.15) is 22.5 Å². The van der Waals surface area contributed by atoms with E-state index in [1.165, 1.54) is 31.3 Å². The molecular formula is C21H21NO7. The second-order valence-corrected chi connectivity index (χ2v) is 6.22. The Hall–Kier alpha value is -3.68. The average Bonchev–Trinajstić information content (AvgIpc) is 2.72. The number of methoxy groups -OCH3 is 2. The standard InChI is InChI=1S/C21H21NO7/c1-5-22(2)21(25)28-13-8-6-12(7-9-13)15-10-14(23)18-16(29-15)11-17(26-3)20(27-4)19(18)24/h6-11,24H,5H2,1-4H3. The molecular weight excluding hydrogens is 378 g/mol. The lowest BCUT2D eigenvalue weighted by molar-refractivity contribution is 0.165. The predicted octanol–water partition coefficient (Wildman–Crippen LogP) is 3.63. The fourth-order valence-corrected chi connectivity index (χ4v) is 2.75. The molecule has 0 saturated heterocycles. The van der Waals surface area contributed by atoms with Gasteiger partial charge in [-0.05, 0) is 31.2 Å². The van der Waals surface area contributed by atoms with Crippen molar-refractivity contribution in [2.45, 2.75) is 6.92 Å². The molecule has 0 saturated carbocycles. The minimum absolute atomic E-state index is 0.000414. The third-order valence-electron chi connectivity index (χ3n) is 4.47. The molecule has 0 aliphatic carbocycles. The number of hydrogen-bond donors (Lipinski definition) is 1. The van der Waals surface area contributed by atoms with Gasteiger partial charge in [0.05, 0.1) is 14.2 Å². The molecule has 152 valence electrons. The molecule has 0 radical (unpaired) electrons. The Bertz CT molecular complexity index is 1100. The van der Waals surface area contributed by atoms with Gasteiger partial charge in [-0.1, -0.05) is 0 Å². The molecule has 3 rings (SSSR count). The number of fused-ring (bicyclic) bond motifs is 1. The van der Waals surface area contributed by atoms with Crippen LogP contribution in [-0.2, 0) is 0 Å². The van der Waals surface area contributed by atoms with E-state index in [1.807, 2.05) is 6.92 Å². The van der Waals surface area contributed by atoms with Crippen molar-refractivity contribution in [1.29, 1.82) is 0 Å². The average molecular weight is 399 g/mol. The SMILES string of the molecule is CCN(C)C(=O)Oc1ccc(-c2cc(=O)c3c(O)c(OC)c(OC)cc3o2)cc1. The smallest absolute Gasteiger partial charge is 0.414 e. The number of rotatable bonds is 5. The Labute approximate surface area is 166 Å². The van der Waals surface area contributed by atoms with Gasteiger partial charge in [0.25, 0.3) is 0 Å². The fraction of sp³-hybridized carbons (Fsp3) is 0.238. The highest BCUT2D eigenvalue weighted by atomic mass is 16.6. The van der Waals surface area contributed by atoms with Crippen LogP contribution < -0.4 is 19.6 Å². The maximum absolute atomic E-state index is 12.6. The van der Waals surface area contributed by atoms with Crippen LogP contribution in [0.4, 0.5) is 4.79 Å². The van der Waals surface area contributed by atoms with Gasteiger partial charge in [-0.15, -0.1) is 0 Å². The van der Waals surface area contributed by atoms with Crippen molar-refractivity contribution >= 4 is 17.1 Å². The molecule has 29 heavy (non-hydrogen) atoms. The summed E-state index contributed by atoms with van der Waals surface area (Å²) in [5.74, 6) is 0.608. The third kappa shape index (κ3) is 3.82. The van der Waals surface area contributed by atoms with Crippen molar-refractivity contribution in [2.24, 2.45) is 0 Å². The number of amides is 1. The Morgan fingerprint density at radius 2 is 1.83 bits per heavy atom. The molecule has 1 amide bonds. The van der Waals surface area contributed by atoms with Gasteiger partial charge in [-0.25, -0.2) is 4.79 Å². The maximum atomic E-state index is 12.6. The van der Waals surface area contributed by atoms with Crippen LogP contribution >= 0.6 is 0 Å². The van der Waals surface area contributed by atoms with Gasteiger partial charge in [-0.2, -0.15) is 0 Å². The van der Waals surface area contributed by atoms with Crippen molar-refractivity contribution in [3.8, 4) is 34.3 Å². The lowest BCUT2D eigenvalue weighted by Crippen LogP contribution is -2.29. The molecule has 0 aliphatic heterocycles. The molecule has 8 nitrogen and oxygen atoms in total. The topological polar surface area (TPSA) is 98.4 Å². The number of phenols is 1. The zero-order chi connectivity index (χ0) is 21.1. The van der Waals surface area contributed by atoms with Gasteiger partial charge in [-0.3, -0.25) is 4.79 Å². The first-order chi connectivity index (χ1) is 13.9. The molecule has 2 aromatic carbocycles. The van der Waals surface area contributed by atoms with E-state index >= 15 is 0 Å². The van der Waals surface area contributed by atoms with Crippen molar-refractivity contribution in [2.75, 3.05) is 27.8 Å². The highest BCUT2D eigenvalue weighted by Crippen LogP contribution is 2.42. The number of benzene rings is 2. The molecule has 0 atom stereocenters. The summed E-state index contributed by atoms with van der Waals surface area (Å²) < 4.78 is 21.4. The zero-order valence-electron chi connectivity index (χ0n) is 16.5. The number of nitrogens with zero attached hydrogens (tertiary/aromatic N) is 1. The molecule has 0 aliphatic rings. The second-order valence-electron chi connectivity index (χ2n) is 6.22. The molecule has 1 heterocycles. The van der Waals surface area contributed by atoms with Gasteiger partial charge < -0.3 is 28.6 Å². The first-order valence-corrected chi connectivity index (χ1v) is 8.84. The van der Waals surface area contributed by atoms with Crippen LogP contribution in [0.25, 0.3) is 22.3 Å². The van der Waals surface area contributed by atoms with E-state index in [4.69, 9.17) is 18.6 Å². The molecule has 8 heteroatoms. The van der Waals surface area contributed by atoms with Gasteiger partial charge >= 0.3 is 6.09 Å². The number of carbonyl (C=O) groups excluding carboxylic acids is 1. The van der Waals surface area contributed by atoms with Gasteiger partial charge in [0.2, 0.25) is 5.75 Å². The first-order valence-electron chi connectivity index (χ1n) is 8.84. The summed E-state index contributed by atoms with van der Waals surface area (Å²) in [6.07, 6.45) is -0.464. The fourth-order valence-electron chi connectivity index (χ4n) is 2.75. The third-order valence-corrected chi connectivity index (χ3v) is 4.47. The lowest BCUT2D eigenvalue weighted by Gasteiger charge is -2.14. The number of hydrogen-bond acceptors (Lipinski definition) is 7. The summed E-state index contributed by atoms with van der Waals surface area (Å²) in [5, 5.41) is 10.4. The van der Waals surface area contributed by atoms with Crippen molar-refractivity contribution in [1.82, 2.24) is 4.90 Å². The monoisotopic (exact) mass is 399 g/mol.